The van der Waals surface area contributed by atoms with Gasteiger partial charge < -0.3 is 23.7 Å². The topological polar surface area (TPSA) is 97.4 Å². The maximum atomic E-state index is 12.4. The van der Waals surface area contributed by atoms with Crippen molar-refractivity contribution in [2.75, 3.05) is 26.4 Å². The van der Waals surface area contributed by atoms with Crippen LogP contribution in [0.1, 0.15) is 38.3 Å². The van der Waals surface area contributed by atoms with E-state index in [1.54, 1.807) is 20.8 Å². The quantitative estimate of drug-likeness (QED) is 0.107. The number of carbonyl (C=O) groups excluding carboxylic acids is 3. The molecule has 0 bridgehead atoms. The van der Waals surface area contributed by atoms with Crippen LogP contribution in [0.15, 0.2) is 109 Å². The lowest BCUT2D eigenvalue weighted by molar-refractivity contribution is -0.140. The molecule has 224 valence electrons. The largest absolute Gasteiger partial charge is 0.490 e. The summed E-state index contributed by atoms with van der Waals surface area (Å²) in [5.74, 6) is 0.205. The van der Waals surface area contributed by atoms with E-state index in [0.717, 1.165) is 22.3 Å². The molecule has 2 aromatic rings. The predicted molar refractivity (Wildman–Crippen MR) is 165 cm³/mol. The summed E-state index contributed by atoms with van der Waals surface area (Å²) >= 11 is 0. The summed E-state index contributed by atoms with van der Waals surface area (Å²) < 4.78 is 27.1. The van der Waals surface area contributed by atoms with Crippen molar-refractivity contribution in [2.45, 2.75) is 27.2 Å². The lowest BCUT2D eigenvalue weighted by atomic mass is 10.0. The van der Waals surface area contributed by atoms with Gasteiger partial charge in [-0.1, -0.05) is 50.1 Å². The Labute approximate surface area is 252 Å². The molecule has 0 N–H and O–H groups in total. The maximum Gasteiger partial charge on any atom is 0.338 e. The molecule has 0 unspecified atom stereocenters. The summed E-state index contributed by atoms with van der Waals surface area (Å²) in [6.45, 7) is 16.2. The van der Waals surface area contributed by atoms with Crippen molar-refractivity contribution >= 4 is 29.1 Å². The van der Waals surface area contributed by atoms with Gasteiger partial charge in [-0.3, -0.25) is 0 Å². The van der Waals surface area contributed by atoms with Crippen LogP contribution in [-0.2, 0) is 28.6 Å². The Morgan fingerprint density at radius 1 is 0.628 bits per heavy atom. The monoisotopic (exact) mass is 584 g/mol. The summed E-state index contributed by atoms with van der Waals surface area (Å²) in [6, 6.07) is 14.9. The van der Waals surface area contributed by atoms with E-state index in [4.69, 9.17) is 23.7 Å². The molecule has 0 saturated heterocycles. The van der Waals surface area contributed by atoms with E-state index in [1.165, 1.54) is 0 Å². The average molecular weight is 585 g/mol. The van der Waals surface area contributed by atoms with E-state index in [0.29, 0.717) is 34.8 Å². The van der Waals surface area contributed by atoms with E-state index in [-0.39, 0.29) is 32.0 Å². The van der Waals surface area contributed by atoms with Crippen LogP contribution in [0.3, 0.4) is 0 Å². The SMILES string of the molecule is C=C(C)C(=O)OCCOc1ccc(C2=CCC(c3ccc(OCCOC(=O)C(=C)C)cc3)=CC(OC(=O)C(=C)C)=C2)cc1. The van der Waals surface area contributed by atoms with Crippen LogP contribution >= 0.6 is 0 Å². The molecule has 43 heavy (non-hydrogen) atoms. The predicted octanol–water partition coefficient (Wildman–Crippen LogP) is 6.56. The third-order valence-corrected chi connectivity index (χ3v) is 6.00. The molecule has 0 amide bonds. The van der Waals surface area contributed by atoms with Gasteiger partial charge >= 0.3 is 17.9 Å². The molecule has 2 aromatic carbocycles. The Morgan fingerprint density at radius 3 is 1.56 bits per heavy atom. The molecule has 3 rings (SSSR count). The average Bonchev–Trinajstić information content (AvgIpc) is 3.20. The molecule has 0 radical (unpaired) electrons. The number of ether oxygens (including phenoxy) is 5. The molecule has 1 aliphatic carbocycles. The molecule has 8 nitrogen and oxygen atoms in total. The number of esters is 3. The first-order valence-corrected chi connectivity index (χ1v) is 13.7. The molecule has 0 aliphatic heterocycles. The van der Waals surface area contributed by atoms with E-state index in [1.807, 2.05) is 60.7 Å². The van der Waals surface area contributed by atoms with Crippen molar-refractivity contribution in [2.24, 2.45) is 0 Å². The highest BCUT2D eigenvalue weighted by molar-refractivity contribution is 5.89. The number of hydrogen-bond acceptors (Lipinski definition) is 8. The molecule has 0 heterocycles. The van der Waals surface area contributed by atoms with Crippen molar-refractivity contribution in [3.05, 3.63) is 120 Å². The zero-order valence-electron chi connectivity index (χ0n) is 24.8. The van der Waals surface area contributed by atoms with Gasteiger partial charge in [0, 0.05) is 16.7 Å². The normalized spacial score (nSPS) is 12.4. The van der Waals surface area contributed by atoms with E-state index < -0.39 is 17.9 Å². The van der Waals surface area contributed by atoms with Gasteiger partial charge in [0.15, 0.2) is 0 Å². The maximum absolute atomic E-state index is 12.4. The summed E-state index contributed by atoms with van der Waals surface area (Å²) in [4.78, 5) is 35.4. The highest BCUT2D eigenvalue weighted by atomic mass is 16.6. The minimum absolute atomic E-state index is 0.116. The molecular weight excluding hydrogens is 548 g/mol. The fraction of sp³-hybridized carbons (Fsp3) is 0.229. The van der Waals surface area contributed by atoms with Gasteiger partial charge in [0.1, 0.15) is 43.7 Å². The Morgan fingerprint density at radius 2 is 1.09 bits per heavy atom. The van der Waals surface area contributed by atoms with Crippen LogP contribution in [0.5, 0.6) is 11.5 Å². The molecule has 0 fully saturated rings. The second-order valence-electron chi connectivity index (χ2n) is 9.83. The third-order valence-electron chi connectivity index (χ3n) is 6.00. The van der Waals surface area contributed by atoms with Crippen molar-refractivity contribution in [1.29, 1.82) is 0 Å². The molecule has 8 heteroatoms. The van der Waals surface area contributed by atoms with Crippen molar-refractivity contribution < 1.29 is 38.1 Å². The van der Waals surface area contributed by atoms with E-state index >= 15 is 0 Å². The Kier molecular flexibility index (Phi) is 11.9. The first-order valence-electron chi connectivity index (χ1n) is 13.7. The number of rotatable bonds is 14. The van der Waals surface area contributed by atoms with E-state index in [9.17, 15) is 14.4 Å². The van der Waals surface area contributed by atoms with Crippen molar-refractivity contribution in [3.8, 4) is 11.5 Å². The summed E-state index contributed by atoms with van der Waals surface area (Å²) in [6.07, 6.45) is 6.27. The molecule has 0 spiro atoms. The van der Waals surface area contributed by atoms with Crippen molar-refractivity contribution in [3.63, 3.8) is 0 Å². The van der Waals surface area contributed by atoms with Crippen LogP contribution in [0.4, 0.5) is 0 Å². The number of carbonyl (C=O) groups is 3. The zero-order valence-corrected chi connectivity index (χ0v) is 24.8. The Hall–Kier alpha value is -5.11. The highest BCUT2D eigenvalue weighted by Crippen LogP contribution is 2.31. The minimum Gasteiger partial charge on any atom is -0.490 e. The van der Waals surface area contributed by atoms with Crippen LogP contribution in [-0.4, -0.2) is 44.3 Å². The second kappa shape index (κ2) is 15.8. The molecule has 0 saturated carbocycles. The third kappa shape index (κ3) is 10.3. The van der Waals surface area contributed by atoms with Crippen LogP contribution in [0.25, 0.3) is 11.1 Å². The number of allylic oxidation sites excluding steroid dienone is 5. The summed E-state index contributed by atoms with van der Waals surface area (Å²) in [5, 5.41) is 0. The van der Waals surface area contributed by atoms with Gasteiger partial charge in [-0.05, 0) is 85.9 Å². The van der Waals surface area contributed by atoms with Gasteiger partial charge in [-0.2, -0.15) is 0 Å². The summed E-state index contributed by atoms with van der Waals surface area (Å²) in [7, 11) is 0. The first-order chi connectivity index (χ1) is 20.5. The minimum atomic E-state index is -0.518. The van der Waals surface area contributed by atoms with E-state index in [2.05, 4.69) is 25.8 Å². The molecule has 1 aliphatic rings. The lowest BCUT2D eigenvalue weighted by Gasteiger charge is -2.10. The lowest BCUT2D eigenvalue weighted by Crippen LogP contribution is -2.12. The first kappa shape index (κ1) is 32.4. The van der Waals surface area contributed by atoms with Gasteiger partial charge in [-0.15, -0.1) is 0 Å². The Balaban J connectivity index is 1.70. The number of benzene rings is 2. The second-order valence-corrected chi connectivity index (χ2v) is 9.83. The number of hydrogen-bond donors (Lipinski definition) is 0. The smallest absolute Gasteiger partial charge is 0.338 e. The highest BCUT2D eigenvalue weighted by Gasteiger charge is 2.14. The zero-order chi connectivity index (χ0) is 31.4. The van der Waals surface area contributed by atoms with Crippen molar-refractivity contribution in [1.82, 2.24) is 0 Å². The fourth-order valence-corrected chi connectivity index (χ4v) is 3.70. The van der Waals surface area contributed by atoms with Gasteiger partial charge in [0.05, 0.1) is 0 Å². The Bertz CT molecular complexity index is 1470. The summed E-state index contributed by atoms with van der Waals surface area (Å²) in [5.41, 5.74) is 4.58. The van der Waals surface area contributed by atoms with Gasteiger partial charge in [0.2, 0.25) is 0 Å². The molecule has 0 atom stereocenters. The standard InChI is InChI=1S/C35H36O8/c1-23(2)33(36)41-19-17-39-30-13-9-26(10-14-30)28-7-8-29(22-32(21-28)43-35(38)25(5)6)27-11-15-31(16-12-27)40-18-20-42-34(37)24(3)4/h7,9-16,21-22H,1,3,5,8,17-20H2,2,4,6H3. The molecule has 0 aromatic heterocycles. The van der Waals surface area contributed by atoms with Crippen LogP contribution in [0, 0.1) is 0 Å². The van der Waals surface area contributed by atoms with Crippen LogP contribution in [0.2, 0.25) is 0 Å². The van der Waals surface area contributed by atoms with Crippen LogP contribution < -0.4 is 9.47 Å². The fourth-order valence-electron chi connectivity index (χ4n) is 3.70. The van der Waals surface area contributed by atoms with Gasteiger partial charge in [0.25, 0.3) is 0 Å². The van der Waals surface area contributed by atoms with Gasteiger partial charge in [-0.25, -0.2) is 14.4 Å². The molecular formula is C35H36O8.